The Labute approximate surface area is 235 Å². The van der Waals surface area contributed by atoms with Gasteiger partial charge in [0.15, 0.2) is 5.96 Å². The van der Waals surface area contributed by atoms with Crippen molar-refractivity contribution in [2.45, 2.75) is 96.2 Å². The fraction of sp³-hybridized carbons (Fsp3) is 0.516. The molecule has 40 heavy (non-hydrogen) atoms. The van der Waals surface area contributed by atoms with Gasteiger partial charge < -0.3 is 25.2 Å². The topological polar surface area (TPSA) is 124 Å². The van der Waals surface area contributed by atoms with Gasteiger partial charge >= 0.3 is 0 Å². The molecule has 0 aliphatic carbocycles. The number of para-hydroxylation sites is 1. The van der Waals surface area contributed by atoms with Crippen LogP contribution in [0.5, 0.6) is 11.5 Å². The van der Waals surface area contributed by atoms with Crippen molar-refractivity contribution < 1.29 is 24.2 Å². The summed E-state index contributed by atoms with van der Waals surface area (Å²) in [7, 11) is 0. The van der Waals surface area contributed by atoms with E-state index in [1.165, 1.54) is 4.90 Å². The van der Waals surface area contributed by atoms with Crippen molar-refractivity contribution in [1.29, 1.82) is 5.41 Å². The van der Waals surface area contributed by atoms with Gasteiger partial charge in [-0.25, -0.2) is 0 Å². The van der Waals surface area contributed by atoms with Crippen molar-refractivity contribution in [3.05, 3.63) is 59.2 Å². The molecule has 2 amide bonds. The van der Waals surface area contributed by atoms with Crippen molar-refractivity contribution in [1.82, 2.24) is 15.5 Å². The van der Waals surface area contributed by atoms with E-state index >= 15 is 0 Å². The second-order valence-electron chi connectivity index (χ2n) is 13.0. The number of carbonyl (C=O) groups excluding carboxylic acids is 2. The largest absolute Gasteiger partial charge is 0.487 e. The van der Waals surface area contributed by atoms with Crippen LogP contribution in [0.4, 0.5) is 0 Å². The van der Waals surface area contributed by atoms with Crippen LogP contribution < -0.4 is 20.1 Å². The van der Waals surface area contributed by atoms with Crippen LogP contribution in [0, 0.1) is 11.3 Å². The lowest BCUT2D eigenvalue weighted by Crippen LogP contribution is -2.64. The molecule has 9 nitrogen and oxygen atoms in total. The fourth-order valence-electron chi connectivity index (χ4n) is 5.89. The van der Waals surface area contributed by atoms with Crippen LogP contribution in [0.25, 0.3) is 0 Å². The van der Waals surface area contributed by atoms with E-state index in [-0.39, 0.29) is 30.1 Å². The molecule has 0 radical (unpaired) electrons. The lowest BCUT2D eigenvalue weighted by atomic mass is 9.81. The van der Waals surface area contributed by atoms with Crippen LogP contribution >= 0.6 is 0 Å². The highest BCUT2D eigenvalue weighted by Gasteiger charge is 2.47. The third-order valence-electron chi connectivity index (χ3n) is 8.66. The lowest BCUT2D eigenvalue weighted by molar-refractivity contribution is -0.134. The molecule has 0 saturated carbocycles. The predicted molar refractivity (Wildman–Crippen MR) is 151 cm³/mol. The number of amides is 2. The van der Waals surface area contributed by atoms with Crippen LogP contribution in [0.2, 0.25) is 0 Å². The van der Waals surface area contributed by atoms with Gasteiger partial charge in [-0.05, 0) is 64.8 Å². The highest BCUT2D eigenvalue weighted by molar-refractivity contribution is 6.00. The molecule has 3 heterocycles. The van der Waals surface area contributed by atoms with Gasteiger partial charge in [0, 0.05) is 28.7 Å². The van der Waals surface area contributed by atoms with Gasteiger partial charge in [0.1, 0.15) is 28.8 Å². The van der Waals surface area contributed by atoms with Crippen LogP contribution in [-0.4, -0.2) is 50.6 Å². The summed E-state index contributed by atoms with van der Waals surface area (Å²) in [5, 5.41) is 26.2. The maximum absolute atomic E-state index is 13.6. The second-order valence-corrected chi connectivity index (χ2v) is 13.0. The zero-order valence-electron chi connectivity index (χ0n) is 24.3. The van der Waals surface area contributed by atoms with E-state index in [0.29, 0.717) is 34.6 Å². The molecule has 0 bridgehead atoms. The molecule has 5 rings (SSSR count). The monoisotopic (exact) mass is 548 g/mol. The van der Waals surface area contributed by atoms with E-state index < -0.39 is 34.9 Å². The quantitative estimate of drug-likeness (QED) is 0.447. The molecule has 214 valence electrons. The summed E-state index contributed by atoms with van der Waals surface area (Å²) in [5.41, 5.74) is -0.244. The number of ether oxygens (including phenoxy) is 2. The van der Waals surface area contributed by atoms with Gasteiger partial charge in [0.2, 0.25) is 5.91 Å². The first-order valence-electron chi connectivity index (χ1n) is 13.9. The smallest absolute Gasteiger partial charge is 0.251 e. The third-order valence-corrected chi connectivity index (χ3v) is 8.66. The zero-order chi connectivity index (χ0) is 29.2. The van der Waals surface area contributed by atoms with Crippen molar-refractivity contribution in [3.63, 3.8) is 0 Å². The van der Waals surface area contributed by atoms with E-state index in [9.17, 15) is 14.7 Å². The molecule has 4 atom stereocenters. The minimum absolute atomic E-state index is 0.0557. The minimum Gasteiger partial charge on any atom is -0.487 e. The second kappa shape index (κ2) is 9.51. The van der Waals surface area contributed by atoms with Gasteiger partial charge in [-0.2, -0.15) is 0 Å². The number of nitrogens with one attached hydrogen (secondary N) is 3. The Bertz CT molecular complexity index is 1350. The van der Waals surface area contributed by atoms with Crippen molar-refractivity contribution in [3.8, 4) is 11.5 Å². The van der Waals surface area contributed by atoms with E-state index in [0.717, 1.165) is 0 Å². The van der Waals surface area contributed by atoms with Crippen LogP contribution in [0.3, 0.4) is 0 Å². The van der Waals surface area contributed by atoms with Crippen molar-refractivity contribution in [2.24, 2.45) is 5.92 Å². The molecule has 1 saturated heterocycles. The SMILES string of the molecule is CC(C)[C@]1(C)CC(=O)N([C@@H]2CC(C)(C)Oc3ccc(C(=O)N[C@@H]4c5ccccc5OC(C)(C)[C@H]4O)cc32)C(=N)N1. The molecule has 0 unspecified atom stereocenters. The molecule has 3 aliphatic heterocycles. The van der Waals surface area contributed by atoms with Gasteiger partial charge in [0.25, 0.3) is 5.91 Å². The number of hydrogen-bond donors (Lipinski definition) is 4. The molecular weight excluding hydrogens is 508 g/mol. The Hall–Kier alpha value is -3.59. The molecule has 4 N–H and O–H groups in total. The number of nitrogens with zero attached hydrogens (tertiary/aromatic N) is 1. The number of fused-ring (bicyclic) bond motifs is 2. The molecule has 2 aromatic rings. The van der Waals surface area contributed by atoms with Crippen LogP contribution in [0.1, 0.15) is 94.9 Å². The van der Waals surface area contributed by atoms with E-state index in [1.807, 2.05) is 58.9 Å². The van der Waals surface area contributed by atoms with Crippen molar-refractivity contribution in [2.75, 3.05) is 0 Å². The molecule has 0 spiro atoms. The summed E-state index contributed by atoms with van der Waals surface area (Å²) in [4.78, 5) is 28.7. The number of aliphatic hydroxyl groups is 1. The molecule has 9 heteroatoms. The summed E-state index contributed by atoms with van der Waals surface area (Å²) in [6, 6.07) is 11.4. The maximum atomic E-state index is 13.6. The minimum atomic E-state index is -0.978. The Balaban J connectivity index is 1.47. The molecule has 3 aliphatic rings. The lowest BCUT2D eigenvalue weighted by Gasteiger charge is -2.48. The Morgan fingerprint density at radius 1 is 1.07 bits per heavy atom. The standard InChI is InChI=1S/C31H40N4O5/c1-17(2)31(7)16-24(36)35(28(32)34-31)21-15-29(3,4)39-23-13-12-18(14-20(21)23)27(38)33-25-19-10-8-9-11-22(19)40-30(5,6)26(25)37/h8-14,17,21,25-26,37H,15-16H2,1-7H3,(H2,32,34)(H,33,38)/t21-,25-,26+,31+/m1/s1. The van der Waals surface area contributed by atoms with Gasteiger partial charge in [-0.15, -0.1) is 0 Å². The highest BCUT2D eigenvalue weighted by atomic mass is 16.5. The third kappa shape index (κ3) is 4.80. The molecule has 1 fully saturated rings. The van der Waals surface area contributed by atoms with Crippen LogP contribution in [0.15, 0.2) is 42.5 Å². The van der Waals surface area contributed by atoms with Gasteiger partial charge in [-0.3, -0.25) is 19.9 Å². The summed E-state index contributed by atoms with van der Waals surface area (Å²) >= 11 is 0. The summed E-state index contributed by atoms with van der Waals surface area (Å²) in [5.74, 6) is 0.907. The first-order valence-corrected chi connectivity index (χ1v) is 13.9. The first kappa shape index (κ1) is 28.0. The highest BCUT2D eigenvalue weighted by Crippen LogP contribution is 2.45. The molecular formula is C31H40N4O5. The number of rotatable bonds is 4. The Morgan fingerprint density at radius 2 is 1.75 bits per heavy atom. The number of hydrogen-bond acceptors (Lipinski definition) is 6. The fourth-order valence-corrected chi connectivity index (χ4v) is 5.89. The van der Waals surface area contributed by atoms with E-state index in [1.54, 1.807) is 32.0 Å². The number of carbonyl (C=O) groups is 2. The molecule has 2 aromatic carbocycles. The number of aliphatic hydroxyl groups excluding tert-OH is 1. The van der Waals surface area contributed by atoms with E-state index in [4.69, 9.17) is 14.9 Å². The van der Waals surface area contributed by atoms with Gasteiger partial charge in [-0.1, -0.05) is 32.0 Å². The van der Waals surface area contributed by atoms with E-state index in [2.05, 4.69) is 10.6 Å². The average molecular weight is 549 g/mol. The average Bonchev–Trinajstić information content (AvgIpc) is 2.85. The van der Waals surface area contributed by atoms with Crippen LogP contribution in [-0.2, 0) is 4.79 Å². The maximum Gasteiger partial charge on any atom is 0.251 e. The Kier molecular flexibility index (Phi) is 6.64. The first-order chi connectivity index (χ1) is 18.6. The number of guanidine groups is 1. The normalized spacial score (nSPS) is 28.5. The van der Waals surface area contributed by atoms with Crippen molar-refractivity contribution >= 4 is 17.8 Å². The van der Waals surface area contributed by atoms with Gasteiger partial charge in [0.05, 0.1) is 18.5 Å². The summed E-state index contributed by atoms with van der Waals surface area (Å²) in [6.45, 7) is 13.5. The molecule has 0 aromatic heterocycles. The Morgan fingerprint density at radius 3 is 2.42 bits per heavy atom. The summed E-state index contributed by atoms with van der Waals surface area (Å²) in [6.07, 6.45) is -0.259. The zero-order valence-corrected chi connectivity index (χ0v) is 24.3. The predicted octanol–water partition coefficient (Wildman–Crippen LogP) is 4.46. The number of benzene rings is 2. The summed E-state index contributed by atoms with van der Waals surface area (Å²) < 4.78 is 12.2.